The van der Waals surface area contributed by atoms with Gasteiger partial charge in [-0.3, -0.25) is 4.79 Å². The van der Waals surface area contributed by atoms with E-state index in [0.717, 1.165) is 16.3 Å². The molecule has 0 spiro atoms. The molecule has 0 aliphatic carbocycles. The van der Waals surface area contributed by atoms with E-state index in [0.29, 0.717) is 5.69 Å². The van der Waals surface area contributed by atoms with Gasteiger partial charge in [0.1, 0.15) is 11.3 Å². The molecule has 146 valence electrons. The molecule has 0 aromatic heterocycles. The summed E-state index contributed by atoms with van der Waals surface area (Å²) in [7, 11) is 1.27. The average molecular weight is 389 g/mol. The molecular weight excluding hydrogens is 370 g/mol. The van der Waals surface area contributed by atoms with Crippen LogP contribution in [-0.4, -0.2) is 25.0 Å². The standard InChI is InChI=1S/C23H19NO5/c1-15(25)24-19-10-7-16(8-11-19)9-12-22(26)29-21-14-18-6-4-3-5-17(18)13-20(21)23(27)28-2/h3-14H,1-2H3,(H,24,25)/b12-9+. The number of hydrogen-bond donors (Lipinski definition) is 1. The maximum atomic E-state index is 12.3. The predicted molar refractivity (Wildman–Crippen MR) is 111 cm³/mol. The molecule has 0 fully saturated rings. The van der Waals surface area contributed by atoms with Crippen LogP contribution in [-0.2, 0) is 14.3 Å². The Kier molecular flexibility index (Phi) is 6.04. The third-order valence-electron chi connectivity index (χ3n) is 4.11. The van der Waals surface area contributed by atoms with Crippen molar-refractivity contribution in [2.45, 2.75) is 6.92 Å². The molecule has 6 nitrogen and oxygen atoms in total. The highest BCUT2D eigenvalue weighted by Crippen LogP contribution is 2.27. The largest absolute Gasteiger partial charge is 0.465 e. The number of esters is 2. The maximum Gasteiger partial charge on any atom is 0.341 e. The fourth-order valence-electron chi connectivity index (χ4n) is 2.76. The molecule has 6 heteroatoms. The van der Waals surface area contributed by atoms with Gasteiger partial charge in [0.25, 0.3) is 0 Å². The molecule has 0 aliphatic rings. The highest BCUT2D eigenvalue weighted by atomic mass is 16.5. The van der Waals surface area contributed by atoms with Crippen LogP contribution in [0.4, 0.5) is 5.69 Å². The first kappa shape index (κ1) is 19.8. The summed E-state index contributed by atoms with van der Waals surface area (Å²) < 4.78 is 10.2. The Hall–Kier alpha value is -3.93. The van der Waals surface area contributed by atoms with Gasteiger partial charge in [0.05, 0.1) is 7.11 Å². The Morgan fingerprint density at radius 3 is 2.21 bits per heavy atom. The van der Waals surface area contributed by atoms with Gasteiger partial charge < -0.3 is 14.8 Å². The molecule has 0 aliphatic heterocycles. The lowest BCUT2D eigenvalue weighted by Crippen LogP contribution is -2.10. The third-order valence-corrected chi connectivity index (χ3v) is 4.11. The van der Waals surface area contributed by atoms with Crippen LogP contribution in [0.15, 0.2) is 66.7 Å². The van der Waals surface area contributed by atoms with Crippen molar-refractivity contribution < 1.29 is 23.9 Å². The first-order chi connectivity index (χ1) is 14.0. The van der Waals surface area contributed by atoms with Crippen LogP contribution in [0.1, 0.15) is 22.8 Å². The molecule has 1 amide bonds. The van der Waals surface area contributed by atoms with Crippen LogP contribution < -0.4 is 10.1 Å². The summed E-state index contributed by atoms with van der Waals surface area (Å²) in [5.41, 5.74) is 1.59. The lowest BCUT2D eigenvalue weighted by atomic mass is 10.1. The smallest absolute Gasteiger partial charge is 0.341 e. The molecule has 0 saturated carbocycles. The van der Waals surface area contributed by atoms with Gasteiger partial charge in [-0.15, -0.1) is 0 Å². The molecule has 1 N–H and O–H groups in total. The van der Waals surface area contributed by atoms with E-state index < -0.39 is 11.9 Å². The highest BCUT2D eigenvalue weighted by Gasteiger charge is 2.16. The molecule has 0 heterocycles. The van der Waals surface area contributed by atoms with E-state index in [1.54, 1.807) is 42.5 Å². The first-order valence-corrected chi connectivity index (χ1v) is 8.85. The minimum atomic E-state index is -0.628. The topological polar surface area (TPSA) is 81.7 Å². The van der Waals surface area contributed by atoms with Crippen LogP contribution in [0, 0.1) is 0 Å². The summed E-state index contributed by atoms with van der Waals surface area (Å²) in [5.74, 6) is -1.24. The first-order valence-electron chi connectivity index (χ1n) is 8.85. The number of nitrogens with one attached hydrogen (secondary N) is 1. The monoisotopic (exact) mass is 389 g/mol. The molecule has 3 aromatic carbocycles. The number of benzene rings is 3. The second-order valence-corrected chi connectivity index (χ2v) is 6.24. The van der Waals surface area contributed by atoms with Gasteiger partial charge in [0, 0.05) is 18.7 Å². The molecule has 29 heavy (non-hydrogen) atoms. The van der Waals surface area contributed by atoms with Gasteiger partial charge in [-0.2, -0.15) is 0 Å². The second kappa shape index (κ2) is 8.84. The lowest BCUT2D eigenvalue weighted by molar-refractivity contribution is -0.128. The summed E-state index contributed by atoms with van der Waals surface area (Å²) in [6, 6.07) is 17.7. The van der Waals surface area contributed by atoms with Crippen LogP contribution in [0.2, 0.25) is 0 Å². The van der Waals surface area contributed by atoms with Crippen molar-refractivity contribution in [3.05, 3.63) is 77.9 Å². The van der Waals surface area contributed by atoms with Gasteiger partial charge in [0.15, 0.2) is 0 Å². The zero-order chi connectivity index (χ0) is 20.8. The summed E-state index contributed by atoms with van der Waals surface area (Å²) in [6.45, 7) is 1.43. The summed E-state index contributed by atoms with van der Waals surface area (Å²) in [4.78, 5) is 35.4. The van der Waals surface area contributed by atoms with Gasteiger partial charge in [-0.25, -0.2) is 9.59 Å². The minimum absolute atomic E-state index is 0.131. The van der Waals surface area contributed by atoms with Crippen LogP contribution in [0.3, 0.4) is 0 Å². The Bertz CT molecular complexity index is 1100. The van der Waals surface area contributed by atoms with Gasteiger partial charge >= 0.3 is 11.9 Å². The quantitative estimate of drug-likeness (QED) is 0.402. The number of carbonyl (C=O) groups is 3. The zero-order valence-electron chi connectivity index (χ0n) is 16.0. The Morgan fingerprint density at radius 1 is 0.931 bits per heavy atom. The number of amides is 1. The number of methoxy groups -OCH3 is 1. The SMILES string of the molecule is COC(=O)c1cc2ccccc2cc1OC(=O)/C=C/c1ccc(NC(C)=O)cc1. The number of carbonyl (C=O) groups excluding carboxylic acids is 3. The Morgan fingerprint density at radius 2 is 1.59 bits per heavy atom. The second-order valence-electron chi connectivity index (χ2n) is 6.24. The number of ether oxygens (including phenoxy) is 2. The molecule has 0 radical (unpaired) electrons. The van der Waals surface area contributed by atoms with E-state index in [9.17, 15) is 14.4 Å². The molecule has 0 bridgehead atoms. The molecule has 0 unspecified atom stereocenters. The van der Waals surface area contributed by atoms with Crippen LogP contribution in [0.25, 0.3) is 16.8 Å². The number of anilines is 1. The summed E-state index contributed by atoms with van der Waals surface area (Å²) in [6.07, 6.45) is 2.85. The lowest BCUT2D eigenvalue weighted by Gasteiger charge is -2.09. The number of rotatable bonds is 5. The predicted octanol–water partition coefficient (Wildman–Crippen LogP) is 4.20. The third kappa shape index (κ3) is 5.07. The number of hydrogen-bond acceptors (Lipinski definition) is 5. The van der Waals surface area contributed by atoms with Crippen molar-refractivity contribution in [2.75, 3.05) is 12.4 Å². The van der Waals surface area contributed by atoms with E-state index in [2.05, 4.69) is 5.32 Å². The maximum absolute atomic E-state index is 12.3. The van der Waals surface area contributed by atoms with Crippen molar-refractivity contribution in [3.8, 4) is 5.75 Å². The summed E-state index contributed by atoms with van der Waals surface area (Å²) in [5, 5.41) is 4.34. The van der Waals surface area contributed by atoms with Gasteiger partial charge in [-0.05, 0) is 46.7 Å². The van der Waals surface area contributed by atoms with E-state index in [-0.39, 0.29) is 17.2 Å². The van der Waals surface area contributed by atoms with Crippen molar-refractivity contribution in [2.24, 2.45) is 0 Å². The van der Waals surface area contributed by atoms with E-state index in [1.807, 2.05) is 24.3 Å². The fourth-order valence-corrected chi connectivity index (χ4v) is 2.76. The summed E-state index contributed by atoms with van der Waals surface area (Å²) >= 11 is 0. The average Bonchev–Trinajstić information content (AvgIpc) is 2.71. The fraction of sp³-hybridized carbons (Fsp3) is 0.0870. The van der Waals surface area contributed by atoms with Crippen LogP contribution in [0.5, 0.6) is 5.75 Å². The molecule has 0 atom stereocenters. The Balaban J connectivity index is 1.79. The van der Waals surface area contributed by atoms with E-state index in [4.69, 9.17) is 9.47 Å². The normalized spacial score (nSPS) is 10.7. The van der Waals surface area contributed by atoms with Crippen molar-refractivity contribution >= 4 is 40.4 Å². The highest BCUT2D eigenvalue weighted by molar-refractivity contribution is 6.00. The van der Waals surface area contributed by atoms with Gasteiger partial charge in [-0.1, -0.05) is 36.4 Å². The van der Waals surface area contributed by atoms with Crippen LogP contribution >= 0.6 is 0 Å². The molecule has 3 rings (SSSR count). The molecule has 3 aromatic rings. The molecule has 0 saturated heterocycles. The molecular formula is C23H19NO5. The number of fused-ring (bicyclic) bond motifs is 1. The van der Waals surface area contributed by atoms with Gasteiger partial charge in [0.2, 0.25) is 5.91 Å². The zero-order valence-corrected chi connectivity index (χ0v) is 16.0. The van der Waals surface area contributed by atoms with Crippen molar-refractivity contribution in [1.29, 1.82) is 0 Å². The minimum Gasteiger partial charge on any atom is -0.465 e. The van der Waals surface area contributed by atoms with Crippen molar-refractivity contribution in [3.63, 3.8) is 0 Å². The van der Waals surface area contributed by atoms with E-state index >= 15 is 0 Å². The van der Waals surface area contributed by atoms with Crippen molar-refractivity contribution in [1.82, 2.24) is 0 Å². The van der Waals surface area contributed by atoms with E-state index in [1.165, 1.54) is 20.1 Å². The Labute approximate surface area is 167 Å².